The highest BCUT2D eigenvalue weighted by atomic mass is 32.7. The van der Waals surface area contributed by atoms with Gasteiger partial charge < -0.3 is 44.6 Å². The molecular formula is C20H24FN10O9P2S2+. The second-order valence-corrected chi connectivity index (χ2v) is 14.1. The lowest BCUT2D eigenvalue weighted by molar-refractivity contribution is -0.0585. The Balaban J connectivity index is 1.20. The van der Waals surface area contributed by atoms with E-state index in [2.05, 4.69) is 42.5 Å². The number of rotatable bonds is 10. The van der Waals surface area contributed by atoms with Crippen LogP contribution in [0.4, 0.5) is 16.2 Å². The summed E-state index contributed by atoms with van der Waals surface area (Å²) >= 11 is 8.96. The number of aromatic amines is 1. The number of halogens is 1. The lowest BCUT2D eigenvalue weighted by Crippen LogP contribution is -2.32. The summed E-state index contributed by atoms with van der Waals surface area (Å²) in [6, 6.07) is 1.58. The number of nitrogens with two attached hydrogens (primary N) is 2. The molecule has 0 saturated carbocycles. The molecule has 0 aromatic carbocycles. The summed E-state index contributed by atoms with van der Waals surface area (Å²) in [7, 11) is -2.58. The van der Waals surface area contributed by atoms with Gasteiger partial charge in [-0.3, -0.25) is 9.78 Å². The van der Waals surface area contributed by atoms with Crippen molar-refractivity contribution in [3.05, 3.63) is 28.9 Å². The lowest BCUT2D eigenvalue weighted by Gasteiger charge is -2.25. The van der Waals surface area contributed by atoms with Gasteiger partial charge in [-0.15, -0.1) is 9.62 Å². The molecule has 2 saturated heterocycles. The van der Waals surface area contributed by atoms with Gasteiger partial charge in [0.1, 0.15) is 42.2 Å². The van der Waals surface area contributed by atoms with E-state index in [4.69, 9.17) is 46.3 Å². The number of thiol groups is 1. The van der Waals surface area contributed by atoms with Gasteiger partial charge in [0.2, 0.25) is 5.95 Å². The number of hydrogen-bond donors (Lipinski definition) is 6. The molecule has 0 spiro atoms. The molecule has 19 nitrogen and oxygen atoms in total. The Kier molecular flexibility index (Phi) is 8.67. The predicted molar refractivity (Wildman–Crippen MR) is 156 cm³/mol. The van der Waals surface area contributed by atoms with Crippen molar-refractivity contribution in [2.75, 3.05) is 24.7 Å². The standard InChI is InChI=1S/C20H23FN10O9P2S2/c21-11-13(39-41(34)43)10(38-19(11)30-2-1-8-14(22)24-6-25-15(8)30)5-36-42(35,44)40-9-3-7(4-32)37-18(9)31-16-12(28-29-31)17(33)27-20(23)26-16/h1-2,6-7,9-11,13,18-19,32H,3-5H2,(H6-,22,23,24,25,26,27,29,33,34,35,43,44)/p+1/t7-,9+,10+,11-,13?,18+,19+,42?/m0/s1. The second-order valence-electron chi connectivity index (χ2n) is 9.67. The molecule has 4 aromatic rings. The number of nitrogens with zero attached hydrogens (tertiary/aromatic N) is 7. The van der Waals surface area contributed by atoms with Crippen LogP contribution in [0.1, 0.15) is 18.9 Å². The van der Waals surface area contributed by atoms with E-state index in [0.717, 1.165) is 4.68 Å². The maximum atomic E-state index is 15.7. The Labute approximate surface area is 256 Å². The summed E-state index contributed by atoms with van der Waals surface area (Å²) in [6.07, 6.45) is -6.18. The smallest absolute Gasteiger partial charge is 0.394 e. The summed E-state index contributed by atoms with van der Waals surface area (Å²) in [4.78, 5) is 37.6. The third kappa shape index (κ3) is 5.95. The van der Waals surface area contributed by atoms with Gasteiger partial charge in [-0.25, -0.2) is 14.4 Å². The SMILES string of the molecule is Nc1nc2c(nnn2[C@@H]2O[C@H](CO)C[C@H]2OP(O)(=S)OC[C@H]2O[C@@H](n3ccc4c(N)ncnc43)[C@@H](F)C2O[P+](=O)S)c(=O)[nH]1. The van der Waals surface area contributed by atoms with Gasteiger partial charge in [-0.05, 0) is 22.4 Å². The van der Waals surface area contributed by atoms with Crippen molar-refractivity contribution < 1.29 is 42.0 Å². The topological polar surface area (TPSA) is 263 Å². The third-order valence-electron chi connectivity index (χ3n) is 6.91. The fraction of sp³-hybridized carbons (Fsp3) is 0.500. The van der Waals surface area contributed by atoms with Gasteiger partial charge in [0, 0.05) is 12.6 Å². The van der Waals surface area contributed by atoms with E-state index in [-0.39, 0.29) is 35.0 Å². The quantitative estimate of drug-likeness (QED) is 0.0959. The number of aromatic nitrogens is 8. The van der Waals surface area contributed by atoms with Crippen molar-refractivity contribution in [1.29, 1.82) is 0 Å². The Morgan fingerprint density at radius 1 is 1.30 bits per heavy atom. The first kappa shape index (κ1) is 31.2. The molecule has 4 aromatic heterocycles. The number of anilines is 2. The van der Waals surface area contributed by atoms with Gasteiger partial charge in [0.15, 0.2) is 35.9 Å². The molecule has 24 heteroatoms. The van der Waals surface area contributed by atoms with Crippen LogP contribution >= 0.6 is 26.2 Å². The second kappa shape index (κ2) is 12.2. The maximum absolute atomic E-state index is 15.7. The van der Waals surface area contributed by atoms with Crippen LogP contribution < -0.4 is 17.0 Å². The van der Waals surface area contributed by atoms with Crippen LogP contribution in [-0.4, -0.2) is 93.3 Å². The number of nitrogens with one attached hydrogen (secondary N) is 1. The molecule has 3 unspecified atom stereocenters. The van der Waals surface area contributed by atoms with Gasteiger partial charge in [0.05, 0.1) is 24.7 Å². The number of H-pyrrole nitrogens is 1. The minimum absolute atomic E-state index is 0.0234. The molecule has 2 aliphatic rings. The van der Waals surface area contributed by atoms with Gasteiger partial charge in [-0.2, -0.15) is 9.67 Å². The molecule has 0 aliphatic carbocycles. The summed E-state index contributed by atoms with van der Waals surface area (Å²) in [5.74, 6) is -0.0330. The van der Waals surface area contributed by atoms with Crippen LogP contribution in [0.2, 0.25) is 0 Å². The normalized spacial score (nSPS) is 29.0. The van der Waals surface area contributed by atoms with Gasteiger partial charge in [-0.1, -0.05) is 5.21 Å². The molecule has 0 amide bonds. The fourth-order valence-electron chi connectivity index (χ4n) is 5.02. The Hall–Kier alpha value is -2.75. The Bertz CT molecular complexity index is 1830. The molecular weight excluding hydrogens is 669 g/mol. The van der Waals surface area contributed by atoms with Crippen molar-refractivity contribution in [2.24, 2.45) is 0 Å². The van der Waals surface area contributed by atoms with E-state index in [1.54, 1.807) is 6.07 Å². The monoisotopic (exact) mass is 693 g/mol. The molecule has 9 atom stereocenters. The minimum Gasteiger partial charge on any atom is -0.394 e. The third-order valence-corrected chi connectivity index (χ3v) is 9.20. The van der Waals surface area contributed by atoms with Crippen LogP contribution in [0.25, 0.3) is 22.2 Å². The number of aliphatic hydroxyl groups excluding tert-OH is 1. The molecule has 0 bridgehead atoms. The van der Waals surface area contributed by atoms with E-state index in [1.807, 2.05) is 0 Å². The zero-order valence-corrected chi connectivity index (χ0v) is 25.6. The highest BCUT2D eigenvalue weighted by Gasteiger charge is 2.52. The number of alkyl halides is 1. The van der Waals surface area contributed by atoms with Crippen LogP contribution in [0, 0.1) is 0 Å². The van der Waals surface area contributed by atoms with E-state index < -0.39 is 75.8 Å². The summed E-state index contributed by atoms with van der Waals surface area (Å²) in [5.41, 5.74) is 11.0. The minimum atomic E-state index is -4.15. The van der Waals surface area contributed by atoms with Crippen LogP contribution in [0.15, 0.2) is 23.4 Å². The zero-order valence-electron chi connectivity index (χ0n) is 22.1. The highest BCUT2D eigenvalue weighted by Crippen LogP contribution is 2.51. The van der Waals surface area contributed by atoms with Crippen molar-refractivity contribution in [3.8, 4) is 0 Å². The number of ether oxygens (including phenoxy) is 2. The van der Waals surface area contributed by atoms with Crippen molar-refractivity contribution in [3.63, 3.8) is 0 Å². The first-order valence-corrected chi connectivity index (χ1v) is 17.6. The van der Waals surface area contributed by atoms with E-state index in [1.165, 1.54) is 17.1 Å². The summed E-state index contributed by atoms with van der Waals surface area (Å²) in [6.45, 7) is -5.13. The number of aliphatic hydroxyl groups is 1. The molecule has 236 valence electrons. The average Bonchev–Trinajstić information content (AvgIpc) is 3.73. The number of nitrogen functional groups attached to an aromatic ring is 2. The van der Waals surface area contributed by atoms with Crippen molar-refractivity contribution >= 4 is 72.0 Å². The van der Waals surface area contributed by atoms with Gasteiger partial charge >= 0.3 is 13.9 Å². The predicted octanol–water partition coefficient (Wildman–Crippen LogP) is 0.230. The van der Waals surface area contributed by atoms with E-state index in [9.17, 15) is 19.4 Å². The summed E-state index contributed by atoms with van der Waals surface area (Å²) in [5, 5.41) is 17.9. The Morgan fingerprint density at radius 3 is 2.84 bits per heavy atom. The molecule has 0 radical (unpaired) electrons. The maximum Gasteiger partial charge on any atom is 0.582 e. The first-order valence-electron chi connectivity index (χ1n) is 12.7. The summed E-state index contributed by atoms with van der Waals surface area (Å²) < 4.78 is 58.2. The van der Waals surface area contributed by atoms with Crippen molar-refractivity contribution in [1.82, 2.24) is 39.5 Å². The largest absolute Gasteiger partial charge is 0.582 e. The van der Waals surface area contributed by atoms with Crippen LogP contribution in [0.5, 0.6) is 0 Å². The van der Waals surface area contributed by atoms with E-state index >= 15 is 4.39 Å². The molecule has 44 heavy (non-hydrogen) atoms. The zero-order chi connectivity index (χ0) is 31.3. The van der Waals surface area contributed by atoms with Crippen LogP contribution in [0.3, 0.4) is 0 Å². The molecule has 2 aliphatic heterocycles. The fourth-order valence-corrected chi connectivity index (χ4v) is 7.25. The van der Waals surface area contributed by atoms with Crippen LogP contribution in [-0.2, 0) is 39.4 Å². The highest BCUT2D eigenvalue weighted by molar-refractivity contribution is 8.39. The molecule has 6 heterocycles. The molecule has 2 fully saturated rings. The Morgan fingerprint density at radius 2 is 2.09 bits per heavy atom. The average molecular weight is 694 g/mol. The van der Waals surface area contributed by atoms with E-state index in [0.29, 0.717) is 5.39 Å². The number of hydrogen-bond acceptors (Lipinski definition) is 16. The molecule has 7 N–H and O–H groups in total. The number of fused-ring (bicyclic) bond motifs is 2. The first-order chi connectivity index (χ1) is 21.0. The van der Waals surface area contributed by atoms with Gasteiger partial charge in [0.25, 0.3) is 5.56 Å². The lowest BCUT2D eigenvalue weighted by atomic mass is 10.1. The molecule has 6 rings (SSSR count). The van der Waals surface area contributed by atoms with Crippen molar-refractivity contribution in [2.45, 2.75) is 49.5 Å².